The monoisotopic (exact) mass is 164 g/mol. The number of hydrogen-bond donors (Lipinski definition) is 2. The molecule has 0 aliphatic heterocycles. The zero-order chi connectivity index (χ0) is 8.97. The molecule has 0 aromatic heterocycles. The zero-order valence-corrected chi connectivity index (χ0v) is 6.58. The summed E-state index contributed by atoms with van der Waals surface area (Å²) in [7, 11) is 0.0377. The Kier molecular flexibility index (Phi) is 2.93. The van der Waals surface area contributed by atoms with Crippen molar-refractivity contribution in [3.05, 3.63) is 23.2 Å². The fourth-order valence-electron chi connectivity index (χ4n) is 1.06. The minimum Gasteiger partial charge on any atom is -0.449 e. The summed E-state index contributed by atoms with van der Waals surface area (Å²) in [6, 6.07) is 0. The quantitative estimate of drug-likeness (QED) is 0.460. The fourth-order valence-corrected chi connectivity index (χ4v) is 1.06. The summed E-state index contributed by atoms with van der Waals surface area (Å²) in [6.45, 7) is 0. The number of nitrogens with one attached hydrogen (secondary N) is 1. The van der Waals surface area contributed by atoms with E-state index in [1.807, 2.05) is 0 Å². The Morgan fingerprint density at radius 3 is 2.75 bits per heavy atom. The number of nitrogens with zero attached hydrogens (tertiary/aromatic N) is 1. The molecule has 1 aliphatic carbocycles. The van der Waals surface area contributed by atoms with E-state index in [2.05, 4.69) is 5.11 Å². The Bertz CT molecular complexity index is 271. The minimum absolute atomic E-state index is 0.0377. The highest BCUT2D eigenvalue weighted by Crippen LogP contribution is 2.17. The number of hydrogen-bond acceptors (Lipinski definition) is 3. The van der Waals surface area contributed by atoms with Crippen LogP contribution in [0.5, 0.6) is 0 Å². The van der Waals surface area contributed by atoms with Crippen molar-refractivity contribution in [3.63, 3.8) is 0 Å². The van der Waals surface area contributed by atoms with Crippen LogP contribution < -0.4 is 0 Å². The van der Waals surface area contributed by atoms with Crippen LogP contribution in [0, 0.1) is 5.53 Å². The van der Waals surface area contributed by atoms with Gasteiger partial charge >= 0.3 is 7.48 Å². The van der Waals surface area contributed by atoms with E-state index in [0.717, 1.165) is 5.47 Å². The third-order valence-corrected chi connectivity index (χ3v) is 1.82. The molecule has 2 N–H and O–H groups in total. The highest BCUT2D eigenvalue weighted by molar-refractivity contribution is 6.36. The average molecular weight is 164 g/mol. The molecule has 0 aromatic rings. The van der Waals surface area contributed by atoms with Gasteiger partial charge in [0.1, 0.15) is 0 Å². The summed E-state index contributed by atoms with van der Waals surface area (Å²) in [4.78, 5) is 10.8. The smallest absolute Gasteiger partial charge is 0.300 e. The van der Waals surface area contributed by atoms with E-state index in [1.54, 1.807) is 12.2 Å². The van der Waals surface area contributed by atoms with Gasteiger partial charge in [-0.25, -0.2) is 5.53 Å². The summed E-state index contributed by atoms with van der Waals surface area (Å²) >= 11 is 0. The molecule has 0 heterocycles. The van der Waals surface area contributed by atoms with Crippen LogP contribution in [-0.2, 0) is 4.79 Å². The first-order valence-electron chi connectivity index (χ1n) is 3.69. The van der Waals surface area contributed by atoms with Crippen LogP contribution in [0.15, 0.2) is 28.3 Å². The summed E-state index contributed by atoms with van der Waals surface area (Å²) in [6.07, 6.45) is 4.59. The van der Waals surface area contributed by atoms with Gasteiger partial charge in [0.25, 0.3) is 5.91 Å². The van der Waals surface area contributed by atoms with Crippen LogP contribution in [0.1, 0.15) is 12.8 Å². The predicted molar refractivity (Wildman–Crippen MR) is 44.9 cm³/mol. The number of amides is 1. The van der Waals surface area contributed by atoms with Gasteiger partial charge in [0, 0.05) is 5.57 Å². The Morgan fingerprint density at radius 1 is 1.58 bits per heavy atom. The Hall–Kier alpha value is -1.23. The van der Waals surface area contributed by atoms with Crippen LogP contribution in [0.2, 0.25) is 0 Å². The highest BCUT2D eigenvalue weighted by Gasteiger charge is 2.12. The van der Waals surface area contributed by atoms with Gasteiger partial charge in [-0.3, -0.25) is 4.79 Å². The van der Waals surface area contributed by atoms with E-state index >= 15 is 0 Å². The zero-order valence-electron chi connectivity index (χ0n) is 6.58. The standard InChI is InChI=1S/C7H9BN2O2/c9-10-7(11)5-1-3-6(8-12)4-2-5/h1,3,8-9,12H,2,4H2. The van der Waals surface area contributed by atoms with Crippen molar-refractivity contribution in [2.45, 2.75) is 12.8 Å². The Balaban J connectivity index is 2.72. The number of carbonyl (C=O) groups is 1. The second-order valence-electron chi connectivity index (χ2n) is 2.59. The first-order valence-corrected chi connectivity index (χ1v) is 3.69. The van der Waals surface area contributed by atoms with Crippen LogP contribution >= 0.6 is 0 Å². The largest absolute Gasteiger partial charge is 0.449 e. The lowest BCUT2D eigenvalue weighted by molar-refractivity contribution is -0.115. The minimum atomic E-state index is -0.483. The Labute approximate surface area is 70.8 Å². The maximum atomic E-state index is 10.8. The molecule has 1 amide bonds. The topological polar surface area (TPSA) is 73.5 Å². The molecular formula is C7H9BN2O2. The van der Waals surface area contributed by atoms with Crippen molar-refractivity contribution >= 4 is 13.4 Å². The lowest BCUT2D eigenvalue weighted by Crippen LogP contribution is -2.05. The molecule has 0 bridgehead atoms. The molecule has 0 saturated heterocycles. The Morgan fingerprint density at radius 2 is 2.33 bits per heavy atom. The van der Waals surface area contributed by atoms with Crippen molar-refractivity contribution in [3.8, 4) is 0 Å². The maximum Gasteiger partial charge on any atom is 0.300 e. The van der Waals surface area contributed by atoms with Crippen LogP contribution in [0.3, 0.4) is 0 Å². The second-order valence-corrected chi connectivity index (χ2v) is 2.59. The van der Waals surface area contributed by atoms with Gasteiger partial charge in [0.05, 0.1) is 0 Å². The number of rotatable bonds is 2. The van der Waals surface area contributed by atoms with E-state index in [-0.39, 0.29) is 7.48 Å². The normalized spacial score (nSPS) is 16.1. The van der Waals surface area contributed by atoms with Gasteiger partial charge in [0.15, 0.2) is 0 Å². The second kappa shape index (κ2) is 3.97. The van der Waals surface area contributed by atoms with Gasteiger partial charge in [-0.1, -0.05) is 17.6 Å². The van der Waals surface area contributed by atoms with Crippen LogP contribution in [-0.4, -0.2) is 18.4 Å². The summed E-state index contributed by atoms with van der Waals surface area (Å²) in [5.41, 5.74) is 7.96. The predicted octanol–water partition coefficient (Wildman–Crippen LogP) is 0.492. The molecule has 0 fully saturated rings. The first-order chi connectivity index (χ1) is 5.77. The van der Waals surface area contributed by atoms with E-state index in [9.17, 15) is 4.79 Å². The first kappa shape index (κ1) is 8.87. The molecule has 0 aromatic carbocycles. The molecule has 5 heteroatoms. The van der Waals surface area contributed by atoms with Gasteiger partial charge in [-0.15, -0.1) is 5.11 Å². The lowest BCUT2D eigenvalue weighted by atomic mass is 9.80. The molecular weight excluding hydrogens is 155 g/mol. The van der Waals surface area contributed by atoms with Gasteiger partial charge in [0.2, 0.25) is 0 Å². The van der Waals surface area contributed by atoms with Crippen molar-refractivity contribution in [1.82, 2.24) is 0 Å². The SMILES string of the molecule is N=NC(=O)C1=CC=C(BO)CC1. The summed E-state index contributed by atoms with van der Waals surface area (Å²) in [5.74, 6) is -0.483. The summed E-state index contributed by atoms with van der Waals surface area (Å²) in [5, 5.41) is 11.5. The van der Waals surface area contributed by atoms with E-state index in [1.165, 1.54) is 0 Å². The van der Waals surface area contributed by atoms with E-state index < -0.39 is 5.91 Å². The van der Waals surface area contributed by atoms with Gasteiger partial charge in [-0.05, 0) is 12.8 Å². The number of carbonyl (C=O) groups excluding carboxylic acids is 1. The van der Waals surface area contributed by atoms with Crippen molar-refractivity contribution in [2.75, 3.05) is 0 Å². The average Bonchev–Trinajstić information content (AvgIpc) is 2.17. The molecule has 0 spiro atoms. The molecule has 0 unspecified atom stereocenters. The molecule has 62 valence electrons. The molecule has 1 rings (SSSR count). The van der Waals surface area contributed by atoms with Crippen molar-refractivity contribution in [2.24, 2.45) is 5.11 Å². The van der Waals surface area contributed by atoms with Gasteiger partial charge in [-0.2, -0.15) is 0 Å². The van der Waals surface area contributed by atoms with Crippen LogP contribution in [0.4, 0.5) is 0 Å². The maximum absolute atomic E-state index is 10.8. The van der Waals surface area contributed by atoms with Gasteiger partial charge < -0.3 is 5.02 Å². The van der Waals surface area contributed by atoms with Crippen molar-refractivity contribution in [1.29, 1.82) is 5.53 Å². The fraction of sp³-hybridized carbons (Fsp3) is 0.286. The molecule has 0 radical (unpaired) electrons. The third-order valence-electron chi connectivity index (χ3n) is 1.82. The molecule has 4 nitrogen and oxygen atoms in total. The molecule has 0 saturated carbocycles. The number of allylic oxidation sites excluding steroid dienone is 3. The van der Waals surface area contributed by atoms with Crippen molar-refractivity contribution < 1.29 is 9.82 Å². The van der Waals surface area contributed by atoms with E-state index in [0.29, 0.717) is 18.4 Å². The lowest BCUT2D eigenvalue weighted by Gasteiger charge is -2.08. The summed E-state index contributed by atoms with van der Waals surface area (Å²) < 4.78 is 0. The van der Waals surface area contributed by atoms with Crippen LogP contribution in [0.25, 0.3) is 0 Å². The molecule has 12 heavy (non-hydrogen) atoms. The van der Waals surface area contributed by atoms with E-state index in [4.69, 9.17) is 10.6 Å². The third kappa shape index (κ3) is 1.89. The highest BCUT2D eigenvalue weighted by atomic mass is 16.2. The molecule has 1 aliphatic rings. The molecule has 0 atom stereocenters.